The van der Waals surface area contributed by atoms with Gasteiger partial charge in [-0.2, -0.15) is 10.2 Å². The Morgan fingerprint density at radius 3 is 1.68 bits per heavy atom. The molecule has 28 heavy (non-hydrogen) atoms. The van der Waals surface area contributed by atoms with Gasteiger partial charge in [-0.1, -0.05) is 31.9 Å². The Balaban J connectivity index is 2.09. The van der Waals surface area contributed by atoms with E-state index in [2.05, 4.69) is 42.1 Å². The molecule has 2 atom stereocenters. The van der Waals surface area contributed by atoms with Crippen molar-refractivity contribution in [2.24, 2.45) is 10.2 Å². The molecule has 0 aromatic heterocycles. The van der Waals surface area contributed by atoms with E-state index in [9.17, 15) is 15.0 Å². The Bertz CT molecular complexity index is 773. The average Bonchev–Trinajstić information content (AvgIpc) is 2.72. The molecule has 0 bridgehead atoms. The van der Waals surface area contributed by atoms with Gasteiger partial charge in [0.15, 0.2) is 0 Å². The van der Waals surface area contributed by atoms with Crippen LogP contribution >= 0.6 is 31.9 Å². The number of benzene rings is 2. The van der Waals surface area contributed by atoms with Gasteiger partial charge in [0.1, 0.15) is 0 Å². The van der Waals surface area contributed by atoms with Crippen LogP contribution in [0.3, 0.4) is 0 Å². The summed E-state index contributed by atoms with van der Waals surface area (Å²) in [6.07, 6.45) is -1.12. The minimum Gasteiger partial charge on any atom is -0.478 e. The summed E-state index contributed by atoms with van der Waals surface area (Å²) < 4.78 is 0. The second-order valence-corrected chi connectivity index (χ2v) is 7.38. The summed E-state index contributed by atoms with van der Waals surface area (Å²) in [6.45, 7) is 0.762. The first-order valence-corrected chi connectivity index (χ1v) is 10.8. The summed E-state index contributed by atoms with van der Waals surface area (Å²) in [5.41, 5.74) is 2.23. The van der Waals surface area contributed by atoms with Gasteiger partial charge in [-0.25, -0.2) is 4.79 Å². The van der Waals surface area contributed by atoms with Crippen molar-refractivity contribution >= 4 is 54.9 Å². The Labute approximate surface area is 180 Å². The Morgan fingerprint density at radius 1 is 0.857 bits per heavy atom. The van der Waals surface area contributed by atoms with Gasteiger partial charge < -0.3 is 20.2 Å². The first-order valence-electron chi connectivity index (χ1n) is 8.51. The maximum atomic E-state index is 10.9. The number of anilines is 1. The quantitative estimate of drug-likeness (QED) is 0.326. The van der Waals surface area contributed by atoms with Gasteiger partial charge in [0, 0.05) is 29.4 Å². The zero-order valence-electron chi connectivity index (χ0n) is 14.9. The van der Waals surface area contributed by atoms with E-state index in [0.29, 0.717) is 35.1 Å². The van der Waals surface area contributed by atoms with Crippen molar-refractivity contribution < 1.29 is 20.1 Å². The molecular weight excluding hydrogens is 494 g/mol. The normalized spacial score (nSPS) is 13.4. The number of aliphatic hydroxyl groups excluding tert-OH is 2. The highest BCUT2D eigenvalue weighted by Crippen LogP contribution is 2.23. The lowest BCUT2D eigenvalue weighted by Gasteiger charge is -2.28. The van der Waals surface area contributed by atoms with Crippen molar-refractivity contribution in [1.29, 1.82) is 0 Å². The van der Waals surface area contributed by atoms with Gasteiger partial charge in [0.05, 0.1) is 29.1 Å². The van der Waals surface area contributed by atoms with Gasteiger partial charge >= 0.3 is 5.97 Å². The zero-order valence-corrected chi connectivity index (χ0v) is 18.1. The maximum Gasteiger partial charge on any atom is 0.335 e. The number of aliphatic hydroxyl groups is 2. The van der Waals surface area contributed by atoms with Crippen LogP contribution in [0.1, 0.15) is 10.4 Å². The number of alkyl halides is 2. The lowest BCUT2D eigenvalue weighted by atomic mass is 10.2. The van der Waals surface area contributed by atoms with Crippen molar-refractivity contribution in [3.8, 4) is 0 Å². The Kier molecular flexibility index (Phi) is 9.04. The first kappa shape index (κ1) is 22.5. The molecule has 2 aromatic rings. The van der Waals surface area contributed by atoms with Crippen molar-refractivity contribution in [2.75, 3.05) is 28.6 Å². The lowest BCUT2D eigenvalue weighted by Crippen LogP contribution is -2.39. The molecule has 0 fully saturated rings. The van der Waals surface area contributed by atoms with Crippen LogP contribution in [-0.4, -0.2) is 57.2 Å². The number of azo groups is 1. The number of hydrogen-bond donors (Lipinski definition) is 3. The fraction of sp³-hybridized carbons (Fsp3) is 0.316. The van der Waals surface area contributed by atoms with Crippen LogP contribution in [0.5, 0.6) is 0 Å². The topological polar surface area (TPSA) is 106 Å². The minimum absolute atomic E-state index is 0.194. The van der Waals surface area contributed by atoms with Crippen molar-refractivity contribution in [3.05, 3.63) is 54.1 Å². The third-order valence-electron chi connectivity index (χ3n) is 3.83. The molecule has 0 aliphatic heterocycles. The molecule has 0 aliphatic rings. The molecule has 0 aliphatic carbocycles. The predicted octanol–water partition coefficient (Wildman–Crippen LogP) is 4.12. The molecule has 0 saturated heterocycles. The molecule has 3 N–H and O–H groups in total. The average molecular weight is 515 g/mol. The summed E-state index contributed by atoms with van der Waals surface area (Å²) in [6, 6.07) is 13.4. The van der Waals surface area contributed by atoms with E-state index < -0.39 is 18.2 Å². The second kappa shape index (κ2) is 11.3. The molecule has 2 rings (SSSR count). The number of halogens is 2. The summed E-state index contributed by atoms with van der Waals surface area (Å²) in [5.74, 6) is -0.987. The molecule has 0 heterocycles. The van der Waals surface area contributed by atoms with E-state index >= 15 is 0 Å². The molecule has 7 nitrogen and oxygen atoms in total. The minimum atomic E-state index is -0.987. The van der Waals surface area contributed by atoms with Gasteiger partial charge in [-0.15, -0.1) is 0 Å². The fourth-order valence-corrected chi connectivity index (χ4v) is 2.82. The molecule has 2 aromatic carbocycles. The number of rotatable bonds is 10. The zero-order chi connectivity index (χ0) is 20.5. The largest absolute Gasteiger partial charge is 0.478 e. The highest BCUT2D eigenvalue weighted by Gasteiger charge is 2.15. The number of nitrogens with zero attached hydrogens (tertiary/aromatic N) is 3. The SMILES string of the molecule is O=C(O)c1ccc(N=Nc2ccc(N(CC(O)CBr)CC(O)CBr)cc2)cc1. The molecule has 0 spiro atoms. The number of aromatic carboxylic acids is 1. The second-order valence-electron chi connectivity index (χ2n) is 6.09. The summed E-state index contributed by atoms with van der Waals surface area (Å²) in [7, 11) is 0. The van der Waals surface area contributed by atoms with Crippen molar-refractivity contribution in [1.82, 2.24) is 0 Å². The van der Waals surface area contributed by atoms with Crippen LogP contribution in [0.2, 0.25) is 0 Å². The van der Waals surface area contributed by atoms with E-state index in [1.54, 1.807) is 24.3 Å². The highest BCUT2D eigenvalue weighted by molar-refractivity contribution is 9.09. The number of hydrogen-bond acceptors (Lipinski definition) is 6. The number of carbonyl (C=O) groups is 1. The van der Waals surface area contributed by atoms with Gasteiger partial charge in [-0.05, 0) is 48.5 Å². The molecule has 0 radical (unpaired) electrons. The maximum absolute atomic E-state index is 10.9. The molecule has 0 saturated carbocycles. The number of carboxylic acids is 1. The van der Waals surface area contributed by atoms with E-state index in [0.717, 1.165) is 5.69 Å². The Hall–Kier alpha value is -1.81. The predicted molar refractivity (Wildman–Crippen MR) is 116 cm³/mol. The van der Waals surface area contributed by atoms with Crippen molar-refractivity contribution in [2.45, 2.75) is 12.2 Å². The molecular formula is C19H21Br2N3O4. The number of carboxylic acid groups (broad SMARTS) is 1. The standard InChI is InChI=1S/C19H21Br2N3O4/c20-9-17(25)11-24(12-18(26)10-21)16-7-5-15(6-8-16)23-22-14-3-1-13(2-4-14)19(27)28/h1-8,17-18,25-26H,9-12H2,(H,27,28). The van der Waals surface area contributed by atoms with Gasteiger partial charge in [-0.3, -0.25) is 0 Å². The van der Waals surface area contributed by atoms with Gasteiger partial charge in [0.25, 0.3) is 0 Å². The third-order valence-corrected chi connectivity index (χ3v) is 5.32. The fourth-order valence-electron chi connectivity index (χ4n) is 2.41. The van der Waals surface area contributed by atoms with Crippen LogP contribution in [0.15, 0.2) is 58.8 Å². The summed E-state index contributed by atoms with van der Waals surface area (Å²) >= 11 is 6.51. The van der Waals surface area contributed by atoms with E-state index in [4.69, 9.17) is 5.11 Å². The lowest BCUT2D eigenvalue weighted by molar-refractivity contribution is 0.0697. The molecule has 2 unspecified atom stereocenters. The van der Waals surface area contributed by atoms with Gasteiger partial charge in [0.2, 0.25) is 0 Å². The van der Waals surface area contributed by atoms with Crippen LogP contribution in [0, 0.1) is 0 Å². The van der Waals surface area contributed by atoms with E-state index in [-0.39, 0.29) is 5.56 Å². The van der Waals surface area contributed by atoms with E-state index in [1.807, 2.05) is 17.0 Å². The molecule has 0 amide bonds. The molecule has 9 heteroatoms. The smallest absolute Gasteiger partial charge is 0.335 e. The van der Waals surface area contributed by atoms with E-state index in [1.165, 1.54) is 12.1 Å². The van der Waals surface area contributed by atoms with Crippen LogP contribution in [-0.2, 0) is 0 Å². The van der Waals surface area contributed by atoms with Crippen LogP contribution < -0.4 is 4.90 Å². The summed E-state index contributed by atoms with van der Waals surface area (Å²) in [5, 5.41) is 37.9. The third kappa shape index (κ3) is 6.97. The summed E-state index contributed by atoms with van der Waals surface area (Å²) in [4.78, 5) is 12.8. The molecule has 150 valence electrons. The van der Waals surface area contributed by atoms with Crippen LogP contribution in [0.4, 0.5) is 17.1 Å². The van der Waals surface area contributed by atoms with Crippen LogP contribution in [0.25, 0.3) is 0 Å². The highest BCUT2D eigenvalue weighted by atomic mass is 79.9. The monoisotopic (exact) mass is 513 g/mol. The Morgan fingerprint density at radius 2 is 1.29 bits per heavy atom. The first-order chi connectivity index (χ1) is 13.4. The van der Waals surface area contributed by atoms with Crippen molar-refractivity contribution in [3.63, 3.8) is 0 Å².